The summed E-state index contributed by atoms with van der Waals surface area (Å²) in [6, 6.07) is 2.23. The van der Waals surface area contributed by atoms with Gasteiger partial charge in [0.25, 0.3) is 0 Å². The number of rotatable bonds is 7. The smallest absolute Gasteiger partial charge is 0.0789 e. The van der Waals surface area contributed by atoms with Crippen molar-refractivity contribution in [2.45, 2.75) is 66.2 Å². The van der Waals surface area contributed by atoms with Crippen LogP contribution in [-0.2, 0) is 24.1 Å². The van der Waals surface area contributed by atoms with Crippen molar-refractivity contribution in [1.82, 2.24) is 15.2 Å². The third-order valence-electron chi connectivity index (χ3n) is 3.69. The molecular weight excluding hydrogens is 252 g/mol. The highest BCUT2D eigenvalue weighted by Gasteiger charge is 2.32. The number of hydrogen-bond acceptors (Lipinski definition) is 4. The molecule has 2 unspecified atom stereocenters. The molecular formula is C15H30N4O. The summed E-state index contributed by atoms with van der Waals surface area (Å²) in [5, 5.41) is 4.59. The van der Waals surface area contributed by atoms with Gasteiger partial charge in [-0.1, -0.05) is 27.7 Å². The van der Waals surface area contributed by atoms with E-state index >= 15 is 0 Å². The SMILES string of the molecule is CCc1cc(CC(NN)C(OC)C(C)(C)C)n(CC)n1. The van der Waals surface area contributed by atoms with E-state index < -0.39 is 0 Å². The van der Waals surface area contributed by atoms with Crippen LogP contribution in [0.5, 0.6) is 0 Å². The van der Waals surface area contributed by atoms with Crippen molar-refractivity contribution in [2.24, 2.45) is 11.3 Å². The normalized spacial score (nSPS) is 15.3. The Hall–Kier alpha value is -0.910. The zero-order chi connectivity index (χ0) is 15.3. The van der Waals surface area contributed by atoms with E-state index in [1.807, 2.05) is 0 Å². The minimum atomic E-state index is 0.0242. The molecule has 0 aliphatic carbocycles. The lowest BCUT2D eigenvalue weighted by Crippen LogP contribution is -2.51. The number of methoxy groups -OCH3 is 1. The number of nitrogens with zero attached hydrogens (tertiary/aromatic N) is 2. The van der Waals surface area contributed by atoms with Crippen LogP contribution >= 0.6 is 0 Å². The predicted octanol–water partition coefficient (Wildman–Crippen LogP) is 1.90. The third-order valence-corrected chi connectivity index (χ3v) is 3.69. The summed E-state index contributed by atoms with van der Waals surface area (Å²) < 4.78 is 7.73. The molecule has 0 amide bonds. The summed E-state index contributed by atoms with van der Waals surface area (Å²) in [7, 11) is 1.74. The first-order valence-corrected chi connectivity index (χ1v) is 7.41. The van der Waals surface area contributed by atoms with Crippen LogP contribution in [0.4, 0.5) is 0 Å². The zero-order valence-electron chi connectivity index (χ0n) is 13.7. The summed E-state index contributed by atoms with van der Waals surface area (Å²) in [5.74, 6) is 5.76. The molecule has 0 aromatic carbocycles. The van der Waals surface area contributed by atoms with Crippen molar-refractivity contribution in [3.05, 3.63) is 17.5 Å². The highest BCUT2D eigenvalue weighted by atomic mass is 16.5. The maximum absolute atomic E-state index is 5.76. The highest BCUT2D eigenvalue weighted by Crippen LogP contribution is 2.26. The number of aromatic nitrogens is 2. The molecule has 1 aromatic rings. The number of ether oxygens (including phenoxy) is 1. The molecule has 1 rings (SSSR count). The molecule has 0 radical (unpaired) electrons. The Kier molecular flexibility index (Phi) is 6.17. The molecule has 0 aliphatic heterocycles. The van der Waals surface area contributed by atoms with E-state index in [9.17, 15) is 0 Å². The minimum Gasteiger partial charge on any atom is -0.379 e. The number of nitrogens with one attached hydrogen (secondary N) is 1. The largest absolute Gasteiger partial charge is 0.379 e. The van der Waals surface area contributed by atoms with Gasteiger partial charge in [-0.05, 0) is 24.8 Å². The summed E-state index contributed by atoms with van der Waals surface area (Å²) >= 11 is 0. The van der Waals surface area contributed by atoms with Crippen LogP contribution in [0.3, 0.4) is 0 Å². The molecule has 0 bridgehead atoms. The molecule has 116 valence electrons. The molecule has 0 aliphatic rings. The van der Waals surface area contributed by atoms with Crippen molar-refractivity contribution >= 4 is 0 Å². The van der Waals surface area contributed by atoms with Crippen LogP contribution in [0.1, 0.15) is 46.0 Å². The van der Waals surface area contributed by atoms with E-state index in [0.717, 1.165) is 25.1 Å². The molecule has 20 heavy (non-hydrogen) atoms. The Morgan fingerprint density at radius 3 is 2.45 bits per heavy atom. The van der Waals surface area contributed by atoms with Crippen molar-refractivity contribution < 1.29 is 4.74 Å². The van der Waals surface area contributed by atoms with Crippen LogP contribution in [0.15, 0.2) is 6.07 Å². The number of nitrogens with two attached hydrogens (primary N) is 1. The summed E-state index contributed by atoms with van der Waals surface area (Å²) in [5.41, 5.74) is 5.28. The van der Waals surface area contributed by atoms with Gasteiger partial charge in [0, 0.05) is 25.8 Å². The van der Waals surface area contributed by atoms with Crippen molar-refractivity contribution in [3.8, 4) is 0 Å². The number of aryl methyl sites for hydroxylation is 2. The van der Waals surface area contributed by atoms with Gasteiger partial charge in [-0.3, -0.25) is 16.0 Å². The zero-order valence-corrected chi connectivity index (χ0v) is 13.7. The molecule has 0 spiro atoms. The fraction of sp³-hybridized carbons (Fsp3) is 0.800. The second kappa shape index (κ2) is 7.20. The second-order valence-corrected chi connectivity index (χ2v) is 6.30. The topological polar surface area (TPSA) is 65.1 Å². The monoisotopic (exact) mass is 282 g/mol. The summed E-state index contributed by atoms with van der Waals surface area (Å²) in [6.07, 6.45) is 1.80. The quantitative estimate of drug-likeness (QED) is 0.592. The van der Waals surface area contributed by atoms with E-state index in [1.165, 1.54) is 5.69 Å². The molecule has 0 saturated heterocycles. The average molecular weight is 282 g/mol. The molecule has 3 N–H and O–H groups in total. The van der Waals surface area contributed by atoms with Gasteiger partial charge < -0.3 is 4.74 Å². The standard InChI is InChI=1S/C15H30N4O/c1-7-11-9-12(19(8-2)18-11)10-13(17-16)14(20-6)15(3,4)5/h9,13-14,17H,7-8,10,16H2,1-6H3. The van der Waals surface area contributed by atoms with E-state index in [1.54, 1.807) is 7.11 Å². The van der Waals surface area contributed by atoms with E-state index in [0.29, 0.717) is 0 Å². The first-order valence-electron chi connectivity index (χ1n) is 7.41. The fourth-order valence-electron chi connectivity index (χ4n) is 2.73. The van der Waals surface area contributed by atoms with Gasteiger partial charge in [0.15, 0.2) is 0 Å². The Labute approximate surface area is 122 Å². The molecule has 5 nitrogen and oxygen atoms in total. The first kappa shape index (κ1) is 17.1. The second-order valence-electron chi connectivity index (χ2n) is 6.30. The number of hydrazine groups is 1. The van der Waals surface area contributed by atoms with Crippen LogP contribution in [0, 0.1) is 5.41 Å². The lowest BCUT2D eigenvalue weighted by molar-refractivity contribution is -0.0114. The van der Waals surface area contributed by atoms with Crippen molar-refractivity contribution in [3.63, 3.8) is 0 Å². The molecule has 1 heterocycles. The van der Waals surface area contributed by atoms with Gasteiger partial charge in [-0.15, -0.1) is 0 Å². The average Bonchev–Trinajstić information content (AvgIpc) is 2.79. The van der Waals surface area contributed by atoms with Gasteiger partial charge in [0.05, 0.1) is 17.8 Å². The van der Waals surface area contributed by atoms with Crippen LogP contribution in [0.25, 0.3) is 0 Å². The van der Waals surface area contributed by atoms with Gasteiger partial charge in [0.2, 0.25) is 0 Å². The lowest BCUT2D eigenvalue weighted by atomic mass is 9.83. The fourth-order valence-corrected chi connectivity index (χ4v) is 2.73. The van der Waals surface area contributed by atoms with Gasteiger partial charge in [0.1, 0.15) is 0 Å². The summed E-state index contributed by atoms with van der Waals surface area (Å²) in [6.45, 7) is 11.6. The molecule has 1 aromatic heterocycles. The predicted molar refractivity (Wildman–Crippen MR) is 82.3 cm³/mol. The number of hydrogen-bond donors (Lipinski definition) is 2. The maximum atomic E-state index is 5.76. The van der Waals surface area contributed by atoms with Crippen LogP contribution < -0.4 is 11.3 Å². The van der Waals surface area contributed by atoms with Crippen molar-refractivity contribution in [1.29, 1.82) is 0 Å². The molecule has 5 heteroatoms. The molecule has 0 saturated carbocycles. The Balaban J connectivity index is 2.95. The third kappa shape index (κ3) is 4.04. The highest BCUT2D eigenvalue weighted by molar-refractivity contribution is 5.12. The van der Waals surface area contributed by atoms with E-state index in [-0.39, 0.29) is 17.6 Å². The molecule has 0 fully saturated rings. The first-order chi connectivity index (χ1) is 9.37. The van der Waals surface area contributed by atoms with Crippen molar-refractivity contribution in [2.75, 3.05) is 7.11 Å². The van der Waals surface area contributed by atoms with Gasteiger partial charge in [-0.2, -0.15) is 5.10 Å². The van der Waals surface area contributed by atoms with Crippen LogP contribution in [0.2, 0.25) is 0 Å². The van der Waals surface area contributed by atoms with Gasteiger partial charge in [-0.25, -0.2) is 0 Å². The van der Waals surface area contributed by atoms with E-state index in [2.05, 4.69) is 55.9 Å². The maximum Gasteiger partial charge on any atom is 0.0789 e. The van der Waals surface area contributed by atoms with E-state index in [4.69, 9.17) is 10.6 Å². The van der Waals surface area contributed by atoms with Crippen LogP contribution in [-0.4, -0.2) is 29.0 Å². The Morgan fingerprint density at radius 2 is 2.05 bits per heavy atom. The molecule has 2 atom stereocenters. The lowest BCUT2D eigenvalue weighted by Gasteiger charge is -2.35. The Bertz CT molecular complexity index is 408. The minimum absolute atomic E-state index is 0.0242. The Morgan fingerprint density at radius 1 is 1.40 bits per heavy atom. The summed E-state index contributed by atoms with van der Waals surface area (Å²) in [4.78, 5) is 0. The van der Waals surface area contributed by atoms with Gasteiger partial charge >= 0.3 is 0 Å².